The number of benzene rings is 3. The fourth-order valence-corrected chi connectivity index (χ4v) is 8.59. The van der Waals surface area contributed by atoms with Crippen molar-refractivity contribution in [3.05, 3.63) is 94.0 Å². The van der Waals surface area contributed by atoms with Gasteiger partial charge in [-0.1, -0.05) is 41.5 Å². The lowest BCUT2D eigenvalue weighted by Crippen LogP contribution is -2.60. The van der Waals surface area contributed by atoms with E-state index in [4.69, 9.17) is 0 Å². The van der Waals surface area contributed by atoms with Gasteiger partial charge >= 0.3 is 0 Å². The van der Waals surface area contributed by atoms with Crippen LogP contribution in [-0.4, -0.2) is 44.4 Å². The van der Waals surface area contributed by atoms with Crippen LogP contribution in [0.1, 0.15) is 44.6 Å². The summed E-state index contributed by atoms with van der Waals surface area (Å²) in [6.07, 6.45) is 1.59. The summed E-state index contributed by atoms with van der Waals surface area (Å²) < 4.78 is 55.1. The summed E-state index contributed by atoms with van der Waals surface area (Å²) in [4.78, 5) is 13.6. The van der Waals surface area contributed by atoms with E-state index in [1.165, 1.54) is 16.4 Å². The molecule has 7 nitrogen and oxygen atoms in total. The molecule has 0 unspecified atom stereocenters. The first kappa shape index (κ1) is 23.4. The third kappa shape index (κ3) is 3.37. The van der Waals surface area contributed by atoms with Crippen LogP contribution in [0.5, 0.6) is 0 Å². The molecule has 3 aromatic carbocycles. The van der Waals surface area contributed by atoms with Gasteiger partial charge < -0.3 is 0 Å². The lowest BCUT2D eigenvalue weighted by atomic mass is 9.76. The quantitative estimate of drug-likeness (QED) is 0.523. The average molecular weight is 523 g/mol. The van der Waals surface area contributed by atoms with E-state index in [2.05, 4.69) is 0 Å². The molecule has 3 aliphatic rings. The van der Waals surface area contributed by atoms with Crippen molar-refractivity contribution in [2.75, 3.05) is 13.1 Å². The molecule has 0 saturated carbocycles. The van der Waals surface area contributed by atoms with Gasteiger partial charge in [0.1, 0.15) is 0 Å². The van der Waals surface area contributed by atoms with Gasteiger partial charge in [0.05, 0.1) is 16.3 Å². The molecule has 1 aliphatic carbocycles. The molecule has 2 heterocycles. The Morgan fingerprint density at radius 2 is 1.31 bits per heavy atom. The van der Waals surface area contributed by atoms with E-state index in [1.807, 2.05) is 26.0 Å². The van der Waals surface area contributed by atoms with Crippen LogP contribution in [0, 0.1) is 13.8 Å². The minimum absolute atomic E-state index is 0.0125. The van der Waals surface area contributed by atoms with Crippen LogP contribution < -0.4 is 0 Å². The van der Waals surface area contributed by atoms with Crippen molar-refractivity contribution in [2.45, 2.75) is 48.4 Å². The fraction of sp³-hybridized carbons (Fsp3) is 0.296. The molecule has 1 fully saturated rings. The normalized spacial score (nSPS) is 18.8. The van der Waals surface area contributed by atoms with Crippen molar-refractivity contribution < 1.29 is 21.6 Å². The topological polar surface area (TPSA) is 91.8 Å². The Labute approximate surface area is 211 Å². The van der Waals surface area contributed by atoms with E-state index < -0.39 is 26.0 Å². The van der Waals surface area contributed by atoms with Crippen molar-refractivity contribution in [2.24, 2.45) is 0 Å². The minimum atomic E-state index is -3.97. The molecular formula is C27H26N2O5S2. The number of carbonyl (C=O) groups is 1. The van der Waals surface area contributed by atoms with Gasteiger partial charge in [-0.15, -0.1) is 0 Å². The van der Waals surface area contributed by atoms with Gasteiger partial charge in [-0.25, -0.2) is 21.1 Å². The van der Waals surface area contributed by atoms with Crippen molar-refractivity contribution >= 4 is 26.0 Å². The second-order valence-corrected chi connectivity index (χ2v) is 14.0. The molecule has 6 rings (SSSR count). The van der Waals surface area contributed by atoms with Gasteiger partial charge in [0.25, 0.3) is 15.9 Å². The lowest BCUT2D eigenvalue weighted by molar-refractivity contribution is 0.0878. The van der Waals surface area contributed by atoms with Crippen molar-refractivity contribution in [3.8, 4) is 0 Å². The highest BCUT2D eigenvalue weighted by molar-refractivity contribution is 7.89. The van der Waals surface area contributed by atoms with Crippen LogP contribution in [0.2, 0.25) is 0 Å². The Morgan fingerprint density at radius 3 is 1.89 bits per heavy atom. The van der Waals surface area contributed by atoms with Crippen LogP contribution in [0.15, 0.2) is 70.5 Å². The van der Waals surface area contributed by atoms with E-state index in [9.17, 15) is 21.6 Å². The standard InChI is InChI=1S/C27H26N2O5S2/c1-18-3-7-22(8-4-18)35(31,32)28-16-27(17-28)12-11-20-13-21-15-29(26(30)24(21)14-25(20)27)36(33,34)23-9-5-19(2)6-10-23/h3-10,13-14H,11-12,15-17H2,1-2H3. The van der Waals surface area contributed by atoms with Crippen LogP contribution >= 0.6 is 0 Å². The third-order valence-electron chi connectivity index (χ3n) is 7.77. The summed E-state index contributed by atoms with van der Waals surface area (Å²) in [5.74, 6) is -0.529. The number of aryl methyl sites for hydroxylation is 3. The second kappa shape index (κ2) is 7.74. The Balaban J connectivity index is 1.28. The maximum atomic E-state index is 13.3. The van der Waals surface area contributed by atoms with E-state index in [-0.39, 0.29) is 21.8 Å². The van der Waals surface area contributed by atoms with Crippen LogP contribution in [0.3, 0.4) is 0 Å². The first-order chi connectivity index (χ1) is 17.0. The number of hydrogen-bond acceptors (Lipinski definition) is 5. The van der Waals surface area contributed by atoms with E-state index in [0.717, 1.165) is 39.4 Å². The van der Waals surface area contributed by atoms with Crippen molar-refractivity contribution in [1.82, 2.24) is 8.61 Å². The zero-order valence-electron chi connectivity index (χ0n) is 20.1. The third-order valence-corrected chi connectivity index (χ3v) is 11.3. The second-order valence-electron chi connectivity index (χ2n) is 10.2. The molecule has 9 heteroatoms. The molecule has 0 N–H and O–H groups in total. The highest BCUT2D eigenvalue weighted by atomic mass is 32.2. The molecule has 36 heavy (non-hydrogen) atoms. The van der Waals surface area contributed by atoms with Crippen molar-refractivity contribution in [1.29, 1.82) is 0 Å². The first-order valence-electron chi connectivity index (χ1n) is 11.9. The maximum absolute atomic E-state index is 13.3. The average Bonchev–Trinajstić information content (AvgIpc) is 3.35. The van der Waals surface area contributed by atoms with Crippen LogP contribution in [-0.2, 0) is 38.4 Å². The number of nitrogens with zero attached hydrogens (tertiary/aromatic N) is 2. The molecule has 1 spiro atoms. The van der Waals surface area contributed by atoms with Gasteiger partial charge in [0, 0.05) is 24.1 Å². The number of fused-ring (bicyclic) bond motifs is 3. The molecule has 0 aromatic heterocycles. The molecular weight excluding hydrogens is 496 g/mol. The lowest BCUT2D eigenvalue weighted by Gasteiger charge is -2.47. The van der Waals surface area contributed by atoms with Gasteiger partial charge in [-0.2, -0.15) is 4.31 Å². The molecule has 3 aromatic rings. The van der Waals surface area contributed by atoms with Crippen LogP contribution in [0.4, 0.5) is 0 Å². The number of rotatable bonds is 4. The monoisotopic (exact) mass is 522 g/mol. The van der Waals surface area contributed by atoms with E-state index in [0.29, 0.717) is 24.2 Å². The summed E-state index contributed by atoms with van der Waals surface area (Å²) in [5, 5.41) is 0. The molecule has 0 radical (unpaired) electrons. The largest absolute Gasteiger partial charge is 0.268 e. The summed E-state index contributed by atoms with van der Waals surface area (Å²) in [6.45, 7) is 4.51. The van der Waals surface area contributed by atoms with Crippen LogP contribution in [0.25, 0.3) is 0 Å². The summed E-state index contributed by atoms with van der Waals surface area (Å²) in [6, 6.07) is 17.1. The predicted octanol–water partition coefficient (Wildman–Crippen LogP) is 3.54. The molecule has 0 bridgehead atoms. The predicted molar refractivity (Wildman–Crippen MR) is 135 cm³/mol. The van der Waals surface area contributed by atoms with Gasteiger partial charge in [-0.05, 0) is 73.7 Å². The van der Waals surface area contributed by atoms with Gasteiger partial charge in [0.15, 0.2) is 0 Å². The van der Waals surface area contributed by atoms with E-state index in [1.54, 1.807) is 36.4 Å². The minimum Gasteiger partial charge on any atom is -0.268 e. The Kier molecular flexibility index (Phi) is 5.03. The Morgan fingerprint density at radius 1 is 0.750 bits per heavy atom. The first-order valence-corrected chi connectivity index (χ1v) is 14.8. The summed E-state index contributed by atoms with van der Waals surface area (Å²) in [7, 11) is -7.56. The zero-order chi connectivity index (χ0) is 25.5. The molecule has 1 saturated heterocycles. The highest BCUT2D eigenvalue weighted by Crippen LogP contribution is 2.49. The highest BCUT2D eigenvalue weighted by Gasteiger charge is 2.53. The number of sulfonamides is 2. The smallest absolute Gasteiger partial charge is 0.268 e. The molecule has 2 aliphatic heterocycles. The number of amides is 1. The molecule has 186 valence electrons. The maximum Gasteiger partial charge on any atom is 0.268 e. The molecule has 0 atom stereocenters. The fourth-order valence-electron chi connectivity index (χ4n) is 5.61. The Bertz CT molecular complexity index is 1620. The van der Waals surface area contributed by atoms with Gasteiger partial charge in [-0.3, -0.25) is 4.79 Å². The Hall–Kier alpha value is -3.01. The zero-order valence-corrected chi connectivity index (χ0v) is 21.7. The SMILES string of the molecule is Cc1ccc(S(=O)(=O)N2CC3(CCc4cc5c(cc43)C(=O)N(S(=O)(=O)c3ccc(C)cc3)C5)C2)cc1. The summed E-state index contributed by atoms with van der Waals surface area (Å²) in [5.41, 5.74) is 4.73. The number of carbonyl (C=O) groups excluding carboxylic acids is 1. The van der Waals surface area contributed by atoms with Crippen molar-refractivity contribution in [3.63, 3.8) is 0 Å². The van der Waals surface area contributed by atoms with Gasteiger partial charge in [0.2, 0.25) is 10.0 Å². The molecule has 1 amide bonds. The number of hydrogen-bond donors (Lipinski definition) is 0. The van der Waals surface area contributed by atoms with E-state index >= 15 is 0 Å². The summed E-state index contributed by atoms with van der Waals surface area (Å²) >= 11 is 0.